The van der Waals surface area contributed by atoms with Crippen LogP contribution in [0.4, 0.5) is 11.8 Å². The zero-order valence-electron chi connectivity index (χ0n) is 18.4. The number of benzene rings is 2. The van der Waals surface area contributed by atoms with Gasteiger partial charge in [-0.2, -0.15) is 4.98 Å². The molecule has 174 valence electrons. The lowest BCUT2D eigenvalue weighted by Gasteiger charge is -2.31. The van der Waals surface area contributed by atoms with Gasteiger partial charge in [-0.3, -0.25) is 4.79 Å². The Labute approximate surface area is 197 Å². The molecule has 1 aromatic heterocycles. The van der Waals surface area contributed by atoms with Crippen molar-refractivity contribution >= 4 is 40.9 Å². The first-order valence-electron chi connectivity index (χ1n) is 10.5. The summed E-state index contributed by atoms with van der Waals surface area (Å²) >= 11 is 0. The van der Waals surface area contributed by atoms with Crippen molar-refractivity contribution in [2.75, 3.05) is 44.7 Å². The fraction of sp³-hybridized carbons (Fsp3) is 0.348. The minimum Gasteiger partial charge on any atom is -0.493 e. The Morgan fingerprint density at radius 3 is 2.45 bits per heavy atom. The van der Waals surface area contributed by atoms with Crippen molar-refractivity contribution in [3.63, 3.8) is 0 Å². The molecule has 0 saturated carbocycles. The first-order chi connectivity index (χ1) is 15.6. The SMILES string of the molecule is COc1cc2nc(N3CCC(C(=O)c4ccc5c(c4)OCO5)CC3)nc(N)c2cc1OC.Cl. The van der Waals surface area contributed by atoms with Crippen LogP contribution >= 0.6 is 12.4 Å². The van der Waals surface area contributed by atoms with Gasteiger partial charge in [0, 0.05) is 36.0 Å². The van der Waals surface area contributed by atoms with E-state index in [1.165, 1.54) is 0 Å². The minimum absolute atomic E-state index is 0. The number of nitrogen functional groups attached to an aromatic ring is 1. The molecule has 10 heteroatoms. The molecule has 3 heterocycles. The van der Waals surface area contributed by atoms with Crippen LogP contribution < -0.4 is 29.6 Å². The molecule has 1 fully saturated rings. The number of methoxy groups -OCH3 is 2. The molecule has 2 aromatic carbocycles. The van der Waals surface area contributed by atoms with Crippen LogP contribution in [0.3, 0.4) is 0 Å². The van der Waals surface area contributed by atoms with Crippen LogP contribution in [-0.2, 0) is 0 Å². The van der Waals surface area contributed by atoms with Gasteiger partial charge in [-0.1, -0.05) is 0 Å². The number of halogens is 1. The zero-order valence-corrected chi connectivity index (χ0v) is 19.2. The second kappa shape index (κ2) is 9.19. The molecule has 0 unspecified atom stereocenters. The van der Waals surface area contributed by atoms with Crippen molar-refractivity contribution < 1.29 is 23.7 Å². The number of rotatable bonds is 5. The van der Waals surface area contributed by atoms with Gasteiger partial charge in [-0.25, -0.2) is 4.98 Å². The number of carbonyl (C=O) groups excluding carboxylic acids is 1. The zero-order chi connectivity index (χ0) is 22.2. The van der Waals surface area contributed by atoms with Crippen LogP contribution in [0.15, 0.2) is 30.3 Å². The summed E-state index contributed by atoms with van der Waals surface area (Å²) in [4.78, 5) is 24.3. The smallest absolute Gasteiger partial charge is 0.231 e. The summed E-state index contributed by atoms with van der Waals surface area (Å²) < 4.78 is 21.5. The molecule has 2 aliphatic rings. The highest BCUT2D eigenvalue weighted by Crippen LogP contribution is 2.36. The van der Waals surface area contributed by atoms with Crippen LogP contribution in [0, 0.1) is 5.92 Å². The molecule has 1 saturated heterocycles. The number of ether oxygens (including phenoxy) is 4. The summed E-state index contributed by atoms with van der Waals surface area (Å²) in [5, 5.41) is 0.708. The van der Waals surface area contributed by atoms with E-state index in [2.05, 4.69) is 9.88 Å². The second-order valence-corrected chi connectivity index (χ2v) is 7.83. The van der Waals surface area contributed by atoms with Gasteiger partial charge in [0.2, 0.25) is 12.7 Å². The number of nitrogens with zero attached hydrogens (tertiary/aromatic N) is 3. The number of carbonyl (C=O) groups is 1. The molecule has 0 spiro atoms. The Balaban J connectivity index is 0.00000259. The third-order valence-corrected chi connectivity index (χ3v) is 6.02. The standard InChI is InChI=1S/C23H24N4O5.ClH/c1-29-18-10-15-16(11-19(18)30-2)25-23(26-22(15)24)27-7-5-13(6-8-27)21(28)14-3-4-17-20(9-14)32-12-31-17;/h3-4,9-11,13H,5-8,12H2,1-2H3,(H2,24,25,26);1H. The van der Waals surface area contributed by atoms with Crippen molar-refractivity contribution in [3.8, 4) is 23.0 Å². The molecule has 0 amide bonds. The van der Waals surface area contributed by atoms with Crippen molar-refractivity contribution in [2.45, 2.75) is 12.8 Å². The lowest BCUT2D eigenvalue weighted by atomic mass is 9.89. The molecule has 2 N–H and O–H groups in total. The predicted octanol–water partition coefficient (Wildman–Crippen LogP) is 3.48. The number of aromatic nitrogens is 2. The third-order valence-electron chi connectivity index (χ3n) is 6.02. The summed E-state index contributed by atoms with van der Waals surface area (Å²) in [5.41, 5.74) is 7.56. The first-order valence-corrected chi connectivity index (χ1v) is 10.5. The molecule has 3 aromatic rings. The monoisotopic (exact) mass is 472 g/mol. The predicted molar refractivity (Wildman–Crippen MR) is 126 cm³/mol. The highest BCUT2D eigenvalue weighted by molar-refractivity contribution is 5.98. The van der Waals surface area contributed by atoms with Crippen LogP contribution in [0.5, 0.6) is 23.0 Å². The molecule has 33 heavy (non-hydrogen) atoms. The van der Waals surface area contributed by atoms with Gasteiger partial charge in [-0.15, -0.1) is 12.4 Å². The summed E-state index contributed by atoms with van der Waals surface area (Å²) in [6, 6.07) is 8.94. The maximum atomic E-state index is 13.0. The summed E-state index contributed by atoms with van der Waals surface area (Å²) in [6.45, 7) is 1.53. The van der Waals surface area contributed by atoms with Crippen LogP contribution in [0.1, 0.15) is 23.2 Å². The van der Waals surface area contributed by atoms with Gasteiger partial charge < -0.3 is 29.6 Å². The van der Waals surface area contributed by atoms with E-state index in [1.807, 2.05) is 0 Å². The number of hydrogen-bond acceptors (Lipinski definition) is 9. The number of piperidine rings is 1. The summed E-state index contributed by atoms with van der Waals surface area (Å²) in [5.74, 6) is 3.45. The van der Waals surface area contributed by atoms with Crippen LogP contribution in [0.2, 0.25) is 0 Å². The largest absolute Gasteiger partial charge is 0.493 e. The van der Waals surface area contributed by atoms with E-state index in [0.717, 1.165) is 0 Å². The number of fused-ring (bicyclic) bond motifs is 2. The lowest BCUT2D eigenvalue weighted by molar-refractivity contribution is 0.0900. The van der Waals surface area contributed by atoms with E-state index in [4.69, 9.17) is 29.7 Å². The fourth-order valence-electron chi connectivity index (χ4n) is 4.24. The number of Topliss-reactive ketones (excluding diaryl/α,β-unsaturated/α-hetero) is 1. The van der Waals surface area contributed by atoms with Crippen molar-refractivity contribution in [3.05, 3.63) is 35.9 Å². The molecule has 0 bridgehead atoms. The van der Waals surface area contributed by atoms with Gasteiger partial charge in [-0.05, 0) is 37.1 Å². The Morgan fingerprint density at radius 1 is 1.03 bits per heavy atom. The molecule has 0 radical (unpaired) electrons. The Morgan fingerprint density at radius 2 is 1.73 bits per heavy atom. The minimum atomic E-state index is -0.0613. The van der Waals surface area contributed by atoms with E-state index >= 15 is 0 Å². The highest BCUT2D eigenvalue weighted by atomic mass is 35.5. The van der Waals surface area contributed by atoms with E-state index in [9.17, 15) is 4.79 Å². The average Bonchev–Trinajstić information content (AvgIpc) is 3.31. The number of hydrogen-bond donors (Lipinski definition) is 1. The number of nitrogens with two attached hydrogens (primary N) is 1. The van der Waals surface area contributed by atoms with Gasteiger partial charge in [0.1, 0.15) is 5.82 Å². The number of ketones is 1. The van der Waals surface area contributed by atoms with Crippen molar-refractivity contribution in [1.29, 1.82) is 0 Å². The normalized spacial score (nSPS) is 15.3. The quantitative estimate of drug-likeness (QED) is 0.558. The summed E-state index contributed by atoms with van der Waals surface area (Å²) in [7, 11) is 3.15. The van der Waals surface area contributed by atoms with E-state index in [1.54, 1.807) is 44.6 Å². The van der Waals surface area contributed by atoms with Crippen molar-refractivity contribution in [2.24, 2.45) is 5.92 Å². The maximum Gasteiger partial charge on any atom is 0.231 e. The summed E-state index contributed by atoms with van der Waals surface area (Å²) in [6.07, 6.45) is 1.42. The first kappa shape index (κ1) is 22.7. The van der Waals surface area contributed by atoms with Crippen molar-refractivity contribution in [1.82, 2.24) is 9.97 Å². The Kier molecular flexibility index (Phi) is 6.33. The van der Waals surface area contributed by atoms with E-state index in [0.29, 0.717) is 77.2 Å². The maximum absolute atomic E-state index is 13.0. The fourth-order valence-corrected chi connectivity index (χ4v) is 4.24. The Hall–Kier alpha value is -3.46. The molecule has 2 aliphatic heterocycles. The second-order valence-electron chi connectivity index (χ2n) is 7.83. The molecular formula is C23H25ClN4O5. The molecule has 9 nitrogen and oxygen atoms in total. The molecule has 5 rings (SSSR count). The van der Waals surface area contributed by atoms with Gasteiger partial charge in [0.25, 0.3) is 0 Å². The molecule has 0 aliphatic carbocycles. The van der Waals surface area contributed by atoms with Crippen LogP contribution in [-0.4, -0.2) is 49.9 Å². The lowest BCUT2D eigenvalue weighted by Crippen LogP contribution is -2.37. The average molecular weight is 473 g/mol. The number of anilines is 2. The van der Waals surface area contributed by atoms with Crippen LogP contribution in [0.25, 0.3) is 10.9 Å². The molecular weight excluding hydrogens is 448 g/mol. The molecule has 0 atom stereocenters. The van der Waals surface area contributed by atoms with E-state index < -0.39 is 0 Å². The van der Waals surface area contributed by atoms with Gasteiger partial charge in [0.15, 0.2) is 28.8 Å². The highest BCUT2D eigenvalue weighted by Gasteiger charge is 2.28. The van der Waals surface area contributed by atoms with Gasteiger partial charge in [0.05, 0.1) is 19.7 Å². The Bertz CT molecular complexity index is 1200. The van der Waals surface area contributed by atoms with Gasteiger partial charge >= 0.3 is 0 Å². The van der Waals surface area contributed by atoms with E-state index in [-0.39, 0.29) is 30.9 Å². The third kappa shape index (κ3) is 4.16. The topological polar surface area (TPSA) is 109 Å².